The Labute approximate surface area is 120 Å². The van der Waals surface area contributed by atoms with Crippen LogP contribution in [0, 0.1) is 5.92 Å². The number of nitrogens with zero attached hydrogens (tertiary/aromatic N) is 2. The number of amides is 1. The Morgan fingerprint density at radius 1 is 1.40 bits per heavy atom. The van der Waals surface area contributed by atoms with Gasteiger partial charge in [0.1, 0.15) is 0 Å². The molecule has 6 nitrogen and oxygen atoms in total. The second kappa shape index (κ2) is 6.83. The van der Waals surface area contributed by atoms with Crippen LogP contribution in [0.25, 0.3) is 0 Å². The normalized spacial score (nSPS) is 14.6. The van der Waals surface area contributed by atoms with Gasteiger partial charge >= 0.3 is 0 Å². The first-order chi connectivity index (χ1) is 9.22. The van der Waals surface area contributed by atoms with Crippen molar-refractivity contribution in [3.05, 3.63) is 11.7 Å². The molecule has 1 amide bonds. The summed E-state index contributed by atoms with van der Waals surface area (Å²) in [7, 11) is 0. The summed E-state index contributed by atoms with van der Waals surface area (Å²) < 4.78 is 5.07. The molecule has 1 atom stereocenters. The molecule has 20 heavy (non-hydrogen) atoms. The highest BCUT2D eigenvalue weighted by atomic mass is 16.5. The first-order valence-corrected chi connectivity index (χ1v) is 7.04. The molecule has 1 unspecified atom stereocenters. The first kappa shape index (κ1) is 16.6. The Kier molecular flexibility index (Phi) is 5.68. The van der Waals surface area contributed by atoms with Crippen LogP contribution in [0.2, 0.25) is 0 Å². The van der Waals surface area contributed by atoms with E-state index < -0.39 is 5.60 Å². The smallest absolute Gasteiger partial charge is 0.227 e. The fraction of sp³-hybridized carbons (Fsp3) is 0.786. The third-order valence-corrected chi connectivity index (χ3v) is 3.45. The standard InChI is InChI=1S/C14H25N3O3/c1-9(2)13-16-12(20-17-13)7-6-11(18)15-8-14(5,19)10(3)4/h9-10,19H,6-8H2,1-5H3,(H,15,18). The summed E-state index contributed by atoms with van der Waals surface area (Å²) in [5.41, 5.74) is -0.898. The first-order valence-electron chi connectivity index (χ1n) is 7.04. The largest absolute Gasteiger partial charge is 0.388 e. The van der Waals surface area contributed by atoms with Crippen LogP contribution in [0.3, 0.4) is 0 Å². The van der Waals surface area contributed by atoms with E-state index in [1.807, 2.05) is 27.7 Å². The average Bonchev–Trinajstić information content (AvgIpc) is 2.82. The lowest BCUT2D eigenvalue weighted by Gasteiger charge is -2.27. The maximum absolute atomic E-state index is 11.7. The Balaban J connectivity index is 2.36. The topological polar surface area (TPSA) is 88.2 Å². The minimum Gasteiger partial charge on any atom is -0.388 e. The fourth-order valence-corrected chi connectivity index (χ4v) is 1.39. The van der Waals surface area contributed by atoms with Crippen molar-refractivity contribution in [2.24, 2.45) is 5.92 Å². The van der Waals surface area contributed by atoms with Crippen LogP contribution in [0.15, 0.2) is 4.52 Å². The predicted octanol–water partition coefficient (Wildman–Crippen LogP) is 1.65. The summed E-state index contributed by atoms with van der Waals surface area (Å²) in [6, 6.07) is 0. The van der Waals surface area contributed by atoms with Gasteiger partial charge in [-0.3, -0.25) is 4.79 Å². The van der Waals surface area contributed by atoms with Crippen molar-refractivity contribution < 1.29 is 14.4 Å². The number of aromatic nitrogens is 2. The number of aryl methyl sites for hydroxylation is 1. The van der Waals surface area contributed by atoms with E-state index in [4.69, 9.17) is 4.52 Å². The highest BCUT2D eigenvalue weighted by Crippen LogP contribution is 2.14. The maximum atomic E-state index is 11.7. The van der Waals surface area contributed by atoms with E-state index >= 15 is 0 Å². The molecule has 0 aliphatic carbocycles. The fourth-order valence-electron chi connectivity index (χ4n) is 1.39. The van der Waals surface area contributed by atoms with Gasteiger partial charge in [0, 0.05) is 25.3 Å². The number of aliphatic hydroxyl groups is 1. The van der Waals surface area contributed by atoms with Crippen LogP contribution in [-0.4, -0.2) is 33.3 Å². The maximum Gasteiger partial charge on any atom is 0.227 e. The van der Waals surface area contributed by atoms with Crippen LogP contribution < -0.4 is 5.32 Å². The molecule has 1 rings (SSSR count). The molecule has 1 aromatic rings. The molecule has 0 aliphatic rings. The Morgan fingerprint density at radius 2 is 2.05 bits per heavy atom. The quantitative estimate of drug-likeness (QED) is 0.794. The van der Waals surface area contributed by atoms with Crippen molar-refractivity contribution in [2.75, 3.05) is 6.54 Å². The molecule has 1 aromatic heterocycles. The van der Waals surface area contributed by atoms with E-state index in [2.05, 4.69) is 15.5 Å². The molecule has 114 valence electrons. The summed E-state index contributed by atoms with van der Waals surface area (Å²) in [6.45, 7) is 9.75. The van der Waals surface area contributed by atoms with Gasteiger partial charge in [-0.15, -0.1) is 0 Å². The molecule has 6 heteroatoms. The van der Waals surface area contributed by atoms with E-state index in [0.717, 1.165) is 0 Å². The monoisotopic (exact) mass is 283 g/mol. The van der Waals surface area contributed by atoms with E-state index in [9.17, 15) is 9.90 Å². The highest BCUT2D eigenvalue weighted by molar-refractivity contribution is 5.76. The van der Waals surface area contributed by atoms with Crippen molar-refractivity contribution in [1.82, 2.24) is 15.5 Å². The van der Waals surface area contributed by atoms with Crippen molar-refractivity contribution in [1.29, 1.82) is 0 Å². The lowest BCUT2D eigenvalue weighted by atomic mass is 9.92. The van der Waals surface area contributed by atoms with Crippen LogP contribution in [0.1, 0.15) is 58.7 Å². The van der Waals surface area contributed by atoms with Gasteiger partial charge in [0.15, 0.2) is 5.82 Å². The minimum absolute atomic E-state index is 0.0762. The second-order valence-corrected chi connectivity index (χ2v) is 5.99. The van der Waals surface area contributed by atoms with Gasteiger partial charge < -0.3 is 14.9 Å². The van der Waals surface area contributed by atoms with Crippen LogP contribution in [0.5, 0.6) is 0 Å². The third kappa shape index (κ3) is 4.92. The van der Waals surface area contributed by atoms with Gasteiger partial charge in [0.2, 0.25) is 11.8 Å². The minimum atomic E-state index is -0.898. The Morgan fingerprint density at radius 3 is 2.55 bits per heavy atom. The zero-order valence-corrected chi connectivity index (χ0v) is 12.9. The van der Waals surface area contributed by atoms with E-state index in [1.54, 1.807) is 6.92 Å². The van der Waals surface area contributed by atoms with Gasteiger partial charge in [-0.1, -0.05) is 32.9 Å². The van der Waals surface area contributed by atoms with Crippen LogP contribution >= 0.6 is 0 Å². The summed E-state index contributed by atoms with van der Waals surface area (Å²) in [6.07, 6.45) is 0.684. The van der Waals surface area contributed by atoms with E-state index in [-0.39, 0.29) is 30.7 Å². The summed E-state index contributed by atoms with van der Waals surface area (Å²) in [5, 5.41) is 16.6. The molecule has 1 heterocycles. The lowest BCUT2D eigenvalue weighted by molar-refractivity contribution is -0.122. The number of hydrogen-bond donors (Lipinski definition) is 2. The van der Waals surface area contributed by atoms with Crippen molar-refractivity contribution in [3.63, 3.8) is 0 Å². The van der Waals surface area contributed by atoms with Gasteiger partial charge in [-0.2, -0.15) is 4.98 Å². The molecule has 0 radical (unpaired) electrons. The number of nitrogens with one attached hydrogen (secondary N) is 1. The number of carbonyl (C=O) groups is 1. The summed E-state index contributed by atoms with van der Waals surface area (Å²) in [4.78, 5) is 15.9. The molecule has 0 spiro atoms. The lowest BCUT2D eigenvalue weighted by Crippen LogP contribution is -2.44. The Bertz CT molecular complexity index is 439. The summed E-state index contributed by atoms with van der Waals surface area (Å²) in [5.74, 6) is 1.28. The van der Waals surface area contributed by atoms with Crippen molar-refractivity contribution in [2.45, 2.75) is 59.0 Å². The SMILES string of the molecule is CC(C)c1noc(CCC(=O)NCC(C)(O)C(C)C)n1. The number of carbonyl (C=O) groups excluding carboxylic acids is 1. The second-order valence-electron chi connectivity index (χ2n) is 5.99. The van der Waals surface area contributed by atoms with Gasteiger partial charge in [0.05, 0.1) is 5.60 Å². The Hall–Kier alpha value is -1.43. The van der Waals surface area contributed by atoms with Crippen LogP contribution in [0.4, 0.5) is 0 Å². The zero-order chi connectivity index (χ0) is 15.3. The molecule has 2 N–H and O–H groups in total. The molecule has 0 fully saturated rings. The number of hydrogen-bond acceptors (Lipinski definition) is 5. The molecule has 0 saturated carbocycles. The van der Waals surface area contributed by atoms with Gasteiger partial charge in [-0.25, -0.2) is 0 Å². The molecular formula is C14H25N3O3. The van der Waals surface area contributed by atoms with Gasteiger partial charge in [0.25, 0.3) is 0 Å². The van der Waals surface area contributed by atoms with Crippen LogP contribution in [-0.2, 0) is 11.2 Å². The number of rotatable bonds is 7. The molecule has 0 aliphatic heterocycles. The van der Waals surface area contributed by atoms with E-state index in [1.165, 1.54) is 0 Å². The van der Waals surface area contributed by atoms with E-state index in [0.29, 0.717) is 18.1 Å². The summed E-state index contributed by atoms with van der Waals surface area (Å²) >= 11 is 0. The highest BCUT2D eigenvalue weighted by Gasteiger charge is 2.25. The molecular weight excluding hydrogens is 258 g/mol. The average molecular weight is 283 g/mol. The molecule has 0 saturated heterocycles. The molecule has 0 bridgehead atoms. The van der Waals surface area contributed by atoms with Gasteiger partial charge in [-0.05, 0) is 12.8 Å². The van der Waals surface area contributed by atoms with Crippen molar-refractivity contribution >= 4 is 5.91 Å². The third-order valence-electron chi connectivity index (χ3n) is 3.45. The zero-order valence-electron chi connectivity index (χ0n) is 12.9. The predicted molar refractivity (Wildman–Crippen MR) is 75.2 cm³/mol. The molecule has 0 aromatic carbocycles. The van der Waals surface area contributed by atoms with Crippen molar-refractivity contribution in [3.8, 4) is 0 Å².